The largest absolute Gasteiger partial charge is 0.459 e. The predicted octanol–water partition coefficient (Wildman–Crippen LogP) is 6.56. The summed E-state index contributed by atoms with van der Waals surface area (Å²) in [5, 5.41) is 10.7. The van der Waals surface area contributed by atoms with Gasteiger partial charge in [-0.15, -0.1) is 0 Å². The summed E-state index contributed by atoms with van der Waals surface area (Å²) < 4.78 is 6.02. The molecule has 1 aromatic rings. The zero-order chi connectivity index (χ0) is 22.7. The normalized spacial score (nSPS) is 44.0. The number of ether oxygens (including phenoxy) is 1. The zero-order valence-corrected chi connectivity index (χ0v) is 20.3. The van der Waals surface area contributed by atoms with Crippen LogP contribution in [0.3, 0.4) is 0 Å². The lowest BCUT2D eigenvalue weighted by Crippen LogP contribution is -2.52. The Morgan fingerprint density at radius 2 is 1.78 bits per heavy atom. The molecule has 0 amide bonds. The highest BCUT2D eigenvalue weighted by Crippen LogP contribution is 2.67. The number of allylic oxidation sites excluding steroid dienone is 1. The second-order valence-electron chi connectivity index (χ2n) is 12.1. The zero-order valence-electron chi connectivity index (χ0n) is 20.3. The van der Waals surface area contributed by atoms with E-state index in [1.54, 1.807) is 0 Å². The SMILES string of the molecule is CC(OC(=O)c1ccccc1)C1CCC2C3CC=C4C[C@@](C)(O)CCC4(C)C3CCC12C. The van der Waals surface area contributed by atoms with Crippen molar-refractivity contribution in [2.75, 3.05) is 0 Å². The van der Waals surface area contributed by atoms with Crippen LogP contribution in [-0.2, 0) is 4.74 Å². The summed E-state index contributed by atoms with van der Waals surface area (Å²) in [5.41, 5.74) is 2.15. The van der Waals surface area contributed by atoms with Crippen LogP contribution in [-0.4, -0.2) is 22.8 Å². The molecule has 0 bridgehead atoms. The predicted molar refractivity (Wildman–Crippen MR) is 127 cm³/mol. The second kappa shape index (κ2) is 7.72. The van der Waals surface area contributed by atoms with Crippen LogP contribution in [0.5, 0.6) is 0 Å². The molecule has 3 heteroatoms. The van der Waals surface area contributed by atoms with E-state index in [0.717, 1.165) is 43.9 Å². The highest BCUT2D eigenvalue weighted by atomic mass is 16.5. The van der Waals surface area contributed by atoms with Crippen molar-refractivity contribution in [1.82, 2.24) is 0 Å². The minimum atomic E-state index is -0.530. The Labute approximate surface area is 193 Å². The van der Waals surface area contributed by atoms with Crippen LogP contribution in [0.1, 0.15) is 89.4 Å². The molecule has 0 saturated heterocycles. The van der Waals surface area contributed by atoms with Crippen molar-refractivity contribution in [2.24, 2.45) is 34.5 Å². The summed E-state index contributed by atoms with van der Waals surface area (Å²) in [6, 6.07) is 9.40. The number of fused-ring (bicyclic) bond motifs is 5. The van der Waals surface area contributed by atoms with E-state index in [-0.39, 0.29) is 22.9 Å². The third-order valence-electron chi connectivity index (χ3n) is 10.3. The average Bonchev–Trinajstić information content (AvgIpc) is 3.12. The molecule has 1 aromatic carbocycles. The molecule has 8 atom stereocenters. The van der Waals surface area contributed by atoms with Crippen LogP contribution in [0.15, 0.2) is 42.0 Å². The molecule has 4 aliphatic carbocycles. The van der Waals surface area contributed by atoms with Gasteiger partial charge in [-0.3, -0.25) is 0 Å². The van der Waals surface area contributed by atoms with Crippen LogP contribution in [0.25, 0.3) is 0 Å². The maximum Gasteiger partial charge on any atom is 0.338 e. The van der Waals surface area contributed by atoms with Gasteiger partial charge in [0.05, 0.1) is 11.2 Å². The summed E-state index contributed by atoms with van der Waals surface area (Å²) in [7, 11) is 0. The monoisotopic (exact) mass is 436 g/mol. The highest BCUT2D eigenvalue weighted by Gasteiger charge is 2.60. The molecular weight excluding hydrogens is 396 g/mol. The summed E-state index contributed by atoms with van der Waals surface area (Å²) in [6.07, 6.45) is 11.4. The van der Waals surface area contributed by atoms with Crippen LogP contribution in [0, 0.1) is 34.5 Å². The molecular formula is C29H40O3. The molecule has 0 heterocycles. The fourth-order valence-electron chi connectivity index (χ4n) is 8.51. The summed E-state index contributed by atoms with van der Waals surface area (Å²) in [5.74, 6) is 2.42. The van der Waals surface area contributed by atoms with E-state index in [1.807, 2.05) is 37.3 Å². The van der Waals surface area contributed by atoms with Crippen molar-refractivity contribution in [1.29, 1.82) is 0 Å². The number of rotatable bonds is 3. The van der Waals surface area contributed by atoms with E-state index in [2.05, 4.69) is 26.8 Å². The highest BCUT2D eigenvalue weighted by molar-refractivity contribution is 5.89. The van der Waals surface area contributed by atoms with Gasteiger partial charge >= 0.3 is 5.97 Å². The quantitative estimate of drug-likeness (QED) is 0.431. The molecule has 7 unspecified atom stereocenters. The number of hydrogen-bond acceptors (Lipinski definition) is 3. The minimum Gasteiger partial charge on any atom is -0.459 e. The third-order valence-corrected chi connectivity index (χ3v) is 10.3. The van der Waals surface area contributed by atoms with Gasteiger partial charge in [0.2, 0.25) is 0 Å². The number of hydrogen-bond donors (Lipinski definition) is 1. The summed E-state index contributed by atoms with van der Waals surface area (Å²) in [4.78, 5) is 12.7. The van der Waals surface area contributed by atoms with Gasteiger partial charge in [-0.05, 0) is 106 Å². The standard InChI is InChI=1S/C29H40O3/c1-19(32-26(30)20-8-6-5-7-9-20)23-12-13-24-22-11-10-21-18-27(2,31)16-17-28(21,3)25(22)14-15-29(23,24)4/h5-10,19,22-25,31H,11-18H2,1-4H3/t19?,22?,23?,24?,25?,27-,28?,29?/m0/s1. The van der Waals surface area contributed by atoms with Crippen molar-refractivity contribution in [3.63, 3.8) is 0 Å². The second-order valence-corrected chi connectivity index (χ2v) is 12.1. The van der Waals surface area contributed by atoms with Crippen molar-refractivity contribution in [3.8, 4) is 0 Å². The molecule has 4 aliphatic rings. The maximum absolute atomic E-state index is 12.7. The molecule has 1 N–H and O–H groups in total. The topological polar surface area (TPSA) is 46.5 Å². The van der Waals surface area contributed by atoms with E-state index in [4.69, 9.17) is 4.74 Å². The molecule has 3 saturated carbocycles. The van der Waals surface area contributed by atoms with Crippen molar-refractivity contribution < 1.29 is 14.6 Å². The maximum atomic E-state index is 12.7. The number of carbonyl (C=O) groups excluding carboxylic acids is 1. The van der Waals surface area contributed by atoms with Gasteiger partial charge in [-0.2, -0.15) is 0 Å². The Balaban J connectivity index is 1.34. The molecule has 3 fully saturated rings. The first kappa shape index (κ1) is 22.2. The lowest BCUT2D eigenvalue weighted by Gasteiger charge is -2.59. The lowest BCUT2D eigenvalue weighted by molar-refractivity contribution is -0.0804. The smallest absolute Gasteiger partial charge is 0.338 e. The lowest BCUT2D eigenvalue weighted by atomic mass is 9.46. The summed E-state index contributed by atoms with van der Waals surface area (Å²) >= 11 is 0. The van der Waals surface area contributed by atoms with Crippen LogP contribution in [0.2, 0.25) is 0 Å². The Morgan fingerprint density at radius 3 is 2.53 bits per heavy atom. The van der Waals surface area contributed by atoms with Gasteiger partial charge in [0.1, 0.15) is 6.10 Å². The molecule has 0 spiro atoms. The fourth-order valence-corrected chi connectivity index (χ4v) is 8.51. The van der Waals surface area contributed by atoms with Gasteiger partial charge in [0, 0.05) is 5.92 Å². The van der Waals surface area contributed by atoms with E-state index in [0.29, 0.717) is 17.4 Å². The van der Waals surface area contributed by atoms with Gasteiger partial charge in [-0.25, -0.2) is 4.79 Å². The van der Waals surface area contributed by atoms with Crippen LogP contribution < -0.4 is 0 Å². The number of carbonyl (C=O) groups is 1. The van der Waals surface area contributed by atoms with Crippen molar-refractivity contribution in [3.05, 3.63) is 47.5 Å². The van der Waals surface area contributed by atoms with E-state index >= 15 is 0 Å². The van der Waals surface area contributed by atoms with Crippen LogP contribution >= 0.6 is 0 Å². The van der Waals surface area contributed by atoms with Gasteiger partial charge < -0.3 is 9.84 Å². The van der Waals surface area contributed by atoms with Crippen molar-refractivity contribution >= 4 is 5.97 Å². The average molecular weight is 437 g/mol. The number of benzene rings is 1. The van der Waals surface area contributed by atoms with E-state index < -0.39 is 5.60 Å². The molecule has 0 aliphatic heterocycles. The van der Waals surface area contributed by atoms with Gasteiger partial charge in [0.15, 0.2) is 0 Å². The number of esters is 1. The third kappa shape index (κ3) is 3.47. The summed E-state index contributed by atoms with van der Waals surface area (Å²) in [6.45, 7) is 9.11. The Bertz CT molecular complexity index is 902. The van der Waals surface area contributed by atoms with E-state index in [9.17, 15) is 9.90 Å². The molecule has 174 valence electrons. The van der Waals surface area contributed by atoms with E-state index in [1.165, 1.54) is 24.8 Å². The van der Waals surface area contributed by atoms with Crippen molar-refractivity contribution in [2.45, 2.75) is 90.8 Å². The minimum absolute atomic E-state index is 0.0516. The fraction of sp³-hybridized carbons (Fsp3) is 0.690. The Morgan fingerprint density at radius 1 is 1.03 bits per heavy atom. The Kier molecular flexibility index (Phi) is 5.36. The molecule has 5 rings (SSSR count). The number of aliphatic hydroxyl groups is 1. The molecule has 3 nitrogen and oxygen atoms in total. The van der Waals surface area contributed by atoms with Gasteiger partial charge in [0.25, 0.3) is 0 Å². The first-order valence-corrected chi connectivity index (χ1v) is 12.8. The first-order valence-electron chi connectivity index (χ1n) is 12.8. The van der Waals surface area contributed by atoms with Gasteiger partial charge in [-0.1, -0.05) is 43.7 Å². The molecule has 0 aromatic heterocycles. The van der Waals surface area contributed by atoms with Crippen LogP contribution in [0.4, 0.5) is 0 Å². The molecule has 0 radical (unpaired) electrons. The Hall–Kier alpha value is -1.61. The first-order chi connectivity index (χ1) is 15.1. The molecule has 32 heavy (non-hydrogen) atoms.